The number of pyridine rings is 1. The molecule has 0 aliphatic heterocycles. The van der Waals surface area contributed by atoms with E-state index in [-0.39, 0.29) is 28.6 Å². The van der Waals surface area contributed by atoms with Gasteiger partial charge in [-0.1, -0.05) is 11.3 Å². The van der Waals surface area contributed by atoms with Crippen molar-refractivity contribution in [2.45, 2.75) is 12.3 Å². The molecular formula is C21H17F4N7O4S. The highest BCUT2D eigenvalue weighted by atomic mass is 32.1. The molecule has 0 saturated carbocycles. The van der Waals surface area contributed by atoms with Gasteiger partial charge in [-0.2, -0.15) is 18.3 Å². The monoisotopic (exact) mass is 539 g/mol. The number of H-pyrrole nitrogens is 1. The van der Waals surface area contributed by atoms with Crippen LogP contribution in [0.2, 0.25) is 0 Å². The molecule has 4 rings (SSSR count). The molecule has 0 aliphatic carbocycles. The maximum absolute atomic E-state index is 13.9. The molecule has 1 unspecified atom stereocenters. The number of rotatable bonds is 7. The molecule has 0 aliphatic rings. The van der Waals surface area contributed by atoms with Crippen LogP contribution in [0.1, 0.15) is 15.9 Å². The number of hydrogen-bond acceptors (Lipinski definition) is 8. The summed E-state index contributed by atoms with van der Waals surface area (Å²) in [6.07, 6.45) is -3.13. The lowest BCUT2D eigenvalue weighted by atomic mass is 10.1. The van der Waals surface area contributed by atoms with Gasteiger partial charge in [0, 0.05) is 12.7 Å². The zero-order valence-corrected chi connectivity index (χ0v) is 19.2. The molecule has 16 heteroatoms. The molecule has 11 nitrogen and oxygen atoms in total. The molecule has 1 atom stereocenters. The smallest absolute Gasteiger partial charge is 0.394 e. The van der Waals surface area contributed by atoms with Gasteiger partial charge in [-0.25, -0.2) is 19.2 Å². The molecule has 0 radical (unpaired) electrons. The van der Waals surface area contributed by atoms with E-state index in [2.05, 4.69) is 30.8 Å². The van der Waals surface area contributed by atoms with Crippen molar-refractivity contribution in [3.8, 4) is 10.6 Å². The number of aliphatic hydroxyl groups excluding tert-OH is 2. The molecule has 0 fully saturated rings. The number of hydrogen-bond donors (Lipinski definition) is 6. The van der Waals surface area contributed by atoms with Gasteiger partial charge >= 0.3 is 12.2 Å². The predicted molar refractivity (Wildman–Crippen MR) is 124 cm³/mol. The van der Waals surface area contributed by atoms with Crippen molar-refractivity contribution in [2.24, 2.45) is 0 Å². The number of nitrogens with zero attached hydrogens (tertiary/aromatic N) is 3. The Labute approximate surface area is 208 Å². The lowest BCUT2D eigenvalue weighted by molar-refractivity contribution is -0.137. The van der Waals surface area contributed by atoms with Crippen LogP contribution in [0.3, 0.4) is 0 Å². The second kappa shape index (κ2) is 10.5. The standard InChI is InChI=1S/C21H17F4N7O4S/c22-13-2-1-9(21(23,24)25)3-14(13)30-19(36)31-20-27-7-16(37-20)15-4-11(12-6-28-32-17(12)29-15)18(35)26-5-10(34)8-33/h1-4,6-7,10,33-34H,5,8H2,(H,26,35)(H,28,29,32)(H2,27,30,31,36). The zero-order valence-electron chi connectivity index (χ0n) is 18.4. The minimum absolute atomic E-state index is 0.0171. The molecule has 194 valence electrons. The summed E-state index contributed by atoms with van der Waals surface area (Å²) in [5.41, 5.74) is -1.09. The third-order valence-electron chi connectivity index (χ3n) is 4.90. The number of aliphatic hydroxyl groups is 2. The van der Waals surface area contributed by atoms with E-state index < -0.39 is 47.9 Å². The quantitative estimate of drug-likeness (QED) is 0.197. The summed E-state index contributed by atoms with van der Waals surface area (Å²) in [5.74, 6) is -1.62. The first-order valence-corrected chi connectivity index (χ1v) is 11.2. The summed E-state index contributed by atoms with van der Waals surface area (Å²) in [7, 11) is 0. The summed E-state index contributed by atoms with van der Waals surface area (Å²) in [6, 6.07) is 2.03. The van der Waals surface area contributed by atoms with Gasteiger partial charge in [-0.15, -0.1) is 0 Å². The SMILES string of the molecule is O=C(Nc1ncc(-c2cc(C(=O)NCC(O)CO)c3cn[nH]c3n2)s1)Nc1cc(C(F)(F)F)ccc1F. The molecule has 0 bridgehead atoms. The number of carbonyl (C=O) groups excluding carboxylic acids is 2. The molecule has 0 saturated heterocycles. The van der Waals surface area contributed by atoms with Gasteiger partial charge in [-0.05, 0) is 24.3 Å². The lowest BCUT2D eigenvalue weighted by Crippen LogP contribution is -2.34. The predicted octanol–water partition coefficient (Wildman–Crippen LogP) is 2.97. The van der Waals surface area contributed by atoms with Gasteiger partial charge < -0.3 is 20.8 Å². The number of amides is 3. The van der Waals surface area contributed by atoms with E-state index in [1.807, 2.05) is 5.32 Å². The first kappa shape index (κ1) is 25.9. The maximum Gasteiger partial charge on any atom is 0.416 e. The van der Waals surface area contributed by atoms with Crippen molar-refractivity contribution in [2.75, 3.05) is 23.8 Å². The van der Waals surface area contributed by atoms with E-state index >= 15 is 0 Å². The van der Waals surface area contributed by atoms with Gasteiger partial charge in [0.25, 0.3) is 5.91 Å². The Morgan fingerprint density at radius 1 is 1.16 bits per heavy atom. The van der Waals surface area contributed by atoms with Gasteiger partial charge in [0.2, 0.25) is 0 Å². The highest BCUT2D eigenvalue weighted by molar-refractivity contribution is 7.19. The summed E-state index contributed by atoms with van der Waals surface area (Å²) in [6.45, 7) is -0.726. The van der Waals surface area contributed by atoms with Crippen molar-refractivity contribution in [3.63, 3.8) is 0 Å². The van der Waals surface area contributed by atoms with E-state index in [1.54, 1.807) is 0 Å². The first-order chi connectivity index (χ1) is 17.5. The zero-order chi connectivity index (χ0) is 26.7. The number of anilines is 2. The van der Waals surface area contributed by atoms with Crippen LogP contribution in [0, 0.1) is 5.82 Å². The Kier molecular flexibility index (Phi) is 7.33. The molecule has 0 spiro atoms. The highest BCUT2D eigenvalue weighted by Crippen LogP contribution is 2.33. The second-order valence-electron chi connectivity index (χ2n) is 7.53. The van der Waals surface area contributed by atoms with Crippen LogP contribution in [-0.2, 0) is 6.18 Å². The van der Waals surface area contributed by atoms with Gasteiger partial charge in [0.05, 0.1) is 51.7 Å². The average Bonchev–Trinajstić information content (AvgIpc) is 3.51. The molecule has 3 heterocycles. The average molecular weight is 539 g/mol. The Hall–Kier alpha value is -4.15. The van der Waals surface area contributed by atoms with Crippen molar-refractivity contribution < 1.29 is 37.4 Å². The number of thiazole rings is 1. The Bertz CT molecular complexity index is 1460. The molecule has 3 amide bonds. The minimum Gasteiger partial charge on any atom is -0.394 e. The van der Waals surface area contributed by atoms with E-state index in [4.69, 9.17) is 5.11 Å². The summed E-state index contributed by atoms with van der Waals surface area (Å²) in [4.78, 5) is 33.7. The van der Waals surface area contributed by atoms with Crippen molar-refractivity contribution in [1.29, 1.82) is 0 Å². The number of alkyl halides is 3. The fourth-order valence-electron chi connectivity index (χ4n) is 3.11. The summed E-state index contributed by atoms with van der Waals surface area (Å²) < 4.78 is 52.5. The van der Waals surface area contributed by atoms with E-state index in [9.17, 15) is 32.3 Å². The van der Waals surface area contributed by atoms with E-state index in [0.29, 0.717) is 28.5 Å². The minimum atomic E-state index is -4.72. The number of aromatic amines is 1. The number of aromatic nitrogens is 4. The Morgan fingerprint density at radius 3 is 2.68 bits per heavy atom. The Morgan fingerprint density at radius 2 is 1.95 bits per heavy atom. The maximum atomic E-state index is 13.9. The number of nitrogens with one attached hydrogen (secondary N) is 4. The molecule has 3 aromatic heterocycles. The number of carbonyl (C=O) groups is 2. The molecular weight excluding hydrogens is 522 g/mol. The van der Waals surface area contributed by atoms with Gasteiger partial charge in [0.15, 0.2) is 10.8 Å². The molecule has 4 aromatic rings. The molecule has 37 heavy (non-hydrogen) atoms. The number of fused-ring (bicyclic) bond motifs is 1. The molecule has 6 N–H and O–H groups in total. The van der Waals surface area contributed by atoms with Crippen LogP contribution in [-0.4, -0.2) is 61.6 Å². The van der Waals surface area contributed by atoms with Crippen molar-refractivity contribution in [3.05, 3.63) is 53.6 Å². The van der Waals surface area contributed by atoms with Gasteiger partial charge in [-0.3, -0.25) is 15.2 Å². The van der Waals surface area contributed by atoms with Crippen LogP contribution in [0.5, 0.6) is 0 Å². The Balaban J connectivity index is 1.52. The van der Waals surface area contributed by atoms with Crippen LogP contribution in [0.15, 0.2) is 36.7 Å². The van der Waals surface area contributed by atoms with E-state index in [1.165, 1.54) is 18.5 Å². The number of urea groups is 1. The highest BCUT2D eigenvalue weighted by Gasteiger charge is 2.31. The topological polar surface area (TPSA) is 165 Å². The largest absolute Gasteiger partial charge is 0.416 e. The van der Waals surface area contributed by atoms with Crippen molar-refractivity contribution in [1.82, 2.24) is 25.5 Å². The molecule has 1 aromatic carbocycles. The fourth-order valence-corrected chi connectivity index (χ4v) is 3.88. The van der Waals surface area contributed by atoms with Crippen LogP contribution < -0.4 is 16.0 Å². The van der Waals surface area contributed by atoms with Gasteiger partial charge in [0.1, 0.15) is 5.82 Å². The summed E-state index contributed by atoms with van der Waals surface area (Å²) >= 11 is 0.932. The van der Waals surface area contributed by atoms with Crippen molar-refractivity contribution >= 4 is 45.1 Å². The lowest BCUT2D eigenvalue weighted by Gasteiger charge is -2.11. The van der Waals surface area contributed by atoms with Crippen LogP contribution >= 0.6 is 11.3 Å². The second-order valence-corrected chi connectivity index (χ2v) is 8.57. The fraction of sp³-hybridized carbons (Fsp3) is 0.190. The third kappa shape index (κ3) is 5.99. The van der Waals surface area contributed by atoms with E-state index in [0.717, 1.165) is 11.3 Å². The number of benzene rings is 1. The number of halogens is 4. The normalized spacial score (nSPS) is 12.4. The third-order valence-corrected chi connectivity index (χ3v) is 5.83. The van der Waals surface area contributed by atoms with Crippen LogP contribution in [0.4, 0.5) is 33.2 Å². The summed E-state index contributed by atoms with van der Waals surface area (Å²) in [5, 5.41) is 32.1. The first-order valence-electron chi connectivity index (χ1n) is 10.4. The van der Waals surface area contributed by atoms with Crippen LogP contribution in [0.25, 0.3) is 21.6 Å².